The molecule has 1 amide bonds. The van der Waals surface area contributed by atoms with Crippen molar-refractivity contribution in [2.24, 2.45) is 5.92 Å². The molecule has 5 nitrogen and oxygen atoms in total. The minimum Gasteiger partial charge on any atom is -0.328 e. The van der Waals surface area contributed by atoms with Gasteiger partial charge < -0.3 is 10.2 Å². The van der Waals surface area contributed by atoms with Gasteiger partial charge in [0, 0.05) is 18.7 Å². The van der Waals surface area contributed by atoms with Crippen LogP contribution in [0.4, 0.5) is 17.3 Å². The fourth-order valence-electron chi connectivity index (χ4n) is 2.25. The lowest BCUT2D eigenvalue weighted by atomic mass is 9.85. The van der Waals surface area contributed by atoms with E-state index in [1.807, 2.05) is 48.3 Å². The molecule has 1 fully saturated rings. The zero-order valence-corrected chi connectivity index (χ0v) is 12.0. The molecule has 0 saturated heterocycles. The van der Waals surface area contributed by atoms with Crippen molar-refractivity contribution in [3.05, 3.63) is 42.5 Å². The molecule has 0 spiro atoms. The van der Waals surface area contributed by atoms with E-state index in [1.54, 1.807) is 6.07 Å². The molecule has 1 aromatic heterocycles. The molecule has 1 aliphatic carbocycles. The van der Waals surface area contributed by atoms with Gasteiger partial charge in [0.25, 0.3) is 0 Å². The second-order valence-corrected chi connectivity index (χ2v) is 5.29. The van der Waals surface area contributed by atoms with Crippen LogP contribution in [0.5, 0.6) is 0 Å². The van der Waals surface area contributed by atoms with Crippen molar-refractivity contribution in [2.45, 2.75) is 19.3 Å². The number of amides is 1. The van der Waals surface area contributed by atoms with Crippen LogP contribution in [0.25, 0.3) is 0 Å². The number of rotatable bonds is 4. The Morgan fingerprint density at radius 2 is 1.90 bits per heavy atom. The van der Waals surface area contributed by atoms with Gasteiger partial charge in [0.2, 0.25) is 5.91 Å². The summed E-state index contributed by atoms with van der Waals surface area (Å²) >= 11 is 0. The lowest BCUT2D eigenvalue weighted by Gasteiger charge is -2.23. The van der Waals surface area contributed by atoms with Gasteiger partial charge >= 0.3 is 0 Å². The van der Waals surface area contributed by atoms with E-state index < -0.39 is 0 Å². The van der Waals surface area contributed by atoms with Crippen LogP contribution in [0.3, 0.4) is 0 Å². The SMILES string of the molecule is CN(c1ccccc1)c1ccc(NC(=O)C2CCC2)nn1. The Kier molecular flexibility index (Phi) is 3.81. The Bertz CT molecular complexity index is 608. The Balaban J connectivity index is 1.67. The first-order valence-electron chi connectivity index (χ1n) is 7.17. The molecule has 3 rings (SSSR count). The molecule has 0 radical (unpaired) electrons. The highest BCUT2D eigenvalue weighted by Crippen LogP contribution is 2.27. The predicted octanol–water partition coefficient (Wildman–Crippen LogP) is 2.98. The van der Waals surface area contributed by atoms with Gasteiger partial charge in [-0.3, -0.25) is 4.79 Å². The van der Waals surface area contributed by atoms with Gasteiger partial charge in [0.15, 0.2) is 11.6 Å². The van der Waals surface area contributed by atoms with Crippen molar-refractivity contribution in [1.29, 1.82) is 0 Å². The largest absolute Gasteiger partial charge is 0.328 e. The molecular weight excluding hydrogens is 264 g/mol. The highest BCUT2D eigenvalue weighted by atomic mass is 16.2. The van der Waals surface area contributed by atoms with Crippen LogP contribution < -0.4 is 10.2 Å². The van der Waals surface area contributed by atoms with Gasteiger partial charge in [-0.2, -0.15) is 0 Å². The summed E-state index contributed by atoms with van der Waals surface area (Å²) in [5.74, 6) is 1.46. The number of hydrogen-bond acceptors (Lipinski definition) is 4. The zero-order valence-electron chi connectivity index (χ0n) is 12.0. The van der Waals surface area contributed by atoms with Crippen LogP contribution in [0, 0.1) is 5.92 Å². The average molecular weight is 282 g/mol. The molecule has 1 heterocycles. The molecule has 108 valence electrons. The normalized spacial score (nSPS) is 14.3. The second kappa shape index (κ2) is 5.91. The number of benzene rings is 1. The molecule has 5 heteroatoms. The number of carbonyl (C=O) groups is 1. The number of nitrogens with one attached hydrogen (secondary N) is 1. The lowest BCUT2D eigenvalue weighted by Crippen LogP contribution is -2.28. The molecule has 1 N–H and O–H groups in total. The Morgan fingerprint density at radius 1 is 1.14 bits per heavy atom. The van der Waals surface area contributed by atoms with Crippen molar-refractivity contribution in [3.63, 3.8) is 0 Å². The van der Waals surface area contributed by atoms with Gasteiger partial charge in [-0.1, -0.05) is 24.6 Å². The molecule has 21 heavy (non-hydrogen) atoms. The van der Waals surface area contributed by atoms with Crippen LogP contribution in [0.2, 0.25) is 0 Å². The number of anilines is 3. The summed E-state index contributed by atoms with van der Waals surface area (Å²) < 4.78 is 0. The lowest BCUT2D eigenvalue weighted by molar-refractivity contribution is -0.122. The summed E-state index contributed by atoms with van der Waals surface area (Å²) in [5, 5.41) is 11.1. The van der Waals surface area contributed by atoms with Crippen LogP contribution >= 0.6 is 0 Å². The molecule has 1 aromatic carbocycles. The summed E-state index contributed by atoms with van der Waals surface area (Å²) in [7, 11) is 1.94. The maximum atomic E-state index is 11.8. The quantitative estimate of drug-likeness (QED) is 0.936. The number of carbonyl (C=O) groups excluding carboxylic acids is 1. The summed E-state index contributed by atoms with van der Waals surface area (Å²) in [6.45, 7) is 0. The van der Waals surface area contributed by atoms with E-state index in [4.69, 9.17) is 0 Å². The minimum atomic E-state index is 0.0553. The maximum absolute atomic E-state index is 11.8. The van der Waals surface area contributed by atoms with Gasteiger partial charge in [-0.15, -0.1) is 10.2 Å². The summed E-state index contributed by atoms with van der Waals surface area (Å²) in [4.78, 5) is 13.8. The smallest absolute Gasteiger partial charge is 0.228 e. The Labute approximate surface area is 124 Å². The fraction of sp³-hybridized carbons (Fsp3) is 0.312. The van der Waals surface area contributed by atoms with Crippen LogP contribution in [0.15, 0.2) is 42.5 Å². The zero-order chi connectivity index (χ0) is 14.7. The molecule has 0 atom stereocenters. The third-order valence-corrected chi connectivity index (χ3v) is 3.86. The van der Waals surface area contributed by atoms with Crippen LogP contribution in [-0.2, 0) is 4.79 Å². The summed E-state index contributed by atoms with van der Waals surface area (Å²) in [6.07, 6.45) is 3.10. The molecule has 0 unspecified atom stereocenters. The fourth-order valence-corrected chi connectivity index (χ4v) is 2.25. The maximum Gasteiger partial charge on any atom is 0.228 e. The molecular formula is C16H18N4O. The van der Waals surface area contributed by atoms with E-state index in [2.05, 4.69) is 15.5 Å². The standard InChI is InChI=1S/C16H18N4O/c1-20(13-8-3-2-4-9-13)15-11-10-14(18-19-15)17-16(21)12-6-5-7-12/h2-4,8-12H,5-7H2,1H3,(H,17,18,21). The predicted molar refractivity (Wildman–Crippen MR) is 82.5 cm³/mol. The van der Waals surface area contributed by atoms with Gasteiger partial charge in [-0.05, 0) is 37.1 Å². The van der Waals surface area contributed by atoms with Crippen molar-refractivity contribution >= 4 is 23.2 Å². The minimum absolute atomic E-state index is 0.0553. The first-order valence-corrected chi connectivity index (χ1v) is 7.17. The first kappa shape index (κ1) is 13.5. The van der Waals surface area contributed by atoms with E-state index in [0.717, 1.165) is 30.8 Å². The highest BCUT2D eigenvalue weighted by molar-refractivity contribution is 5.92. The van der Waals surface area contributed by atoms with Crippen LogP contribution in [-0.4, -0.2) is 23.2 Å². The van der Waals surface area contributed by atoms with E-state index in [9.17, 15) is 4.79 Å². The molecule has 1 aliphatic rings. The van der Waals surface area contributed by atoms with E-state index >= 15 is 0 Å². The number of para-hydroxylation sites is 1. The summed E-state index contributed by atoms with van der Waals surface area (Å²) in [5.41, 5.74) is 1.04. The second-order valence-electron chi connectivity index (χ2n) is 5.29. The average Bonchev–Trinajstić information content (AvgIpc) is 2.46. The Hall–Kier alpha value is -2.43. The van der Waals surface area contributed by atoms with Crippen molar-refractivity contribution in [2.75, 3.05) is 17.3 Å². The van der Waals surface area contributed by atoms with E-state index in [0.29, 0.717) is 5.82 Å². The number of aromatic nitrogens is 2. The molecule has 1 saturated carbocycles. The number of nitrogens with zero attached hydrogens (tertiary/aromatic N) is 3. The van der Waals surface area contributed by atoms with Gasteiger partial charge in [-0.25, -0.2) is 0 Å². The molecule has 0 bridgehead atoms. The van der Waals surface area contributed by atoms with Crippen LogP contribution in [0.1, 0.15) is 19.3 Å². The molecule has 0 aliphatic heterocycles. The third kappa shape index (κ3) is 3.02. The molecule has 2 aromatic rings. The van der Waals surface area contributed by atoms with Gasteiger partial charge in [0.1, 0.15) is 0 Å². The monoisotopic (exact) mass is 282 g/mol. The van der Waals surface area contributed by atoms with Gasteiger partial charge in [0.05, 0.1) is 0 Å². The number of hydrogen-bond donors (Lipinski definition) is 1. The Morgan fingerprint density at radius 3 is 2.48 bits per heavy atom. The topological polar surface area (TPSA) is 58.1 Å². The highest BCUT2D eigenvalue weighted by Gasteiger charge is 2.25. The summed E-state index contributed by atoms with van der Waals surface area (Å²) in [6, 6.07) is 13.6. The van der Waals surface area contributed by atoms with E-state index in [-0.39, 0.29) is 11.8 Å². The third-order valence-electron chi connectivity index (χ3n) is 3.86. The first-order chi connectivity index (χ1) is 10.2. The van der Waals surface area contributed by atoms with Crippen molar-refractivity contribution < 1.29 is 4.79 Å². The van der Waals surface area contributed by atoms with E-state index in [1.165, 1.54) is 0 Å². The van der Waals surface area contributed by atoms with Crippen molar-refractivity contribution in [1.82, 2.24) is 10.2 Å². The van der Waals surface area contributed by atoms with Crippen molar-refractivity contribution in [3.8, 4) is 0 Å².